The summed E-state index contributed by atoms with van der Waals surface area (Å²) in [6.07, 6.45) is 2.00. The molecule has 2 heteroatoms. The zero-order valence-electron chi connectivity index (χ0n) is 12.2. The van der Waals surface area contributed by atoms with Crippen LogP contribution in [0.5, 0.6) is 0 Å². The molecule has 2 N–H and O–H groups in total. The zero-order chi connectivity index (χ0) is 14.6. The molecule has 2 aromatic carbocycles. The molecule has 0 bridgehead atoms. The Balaban J connectivity index is 2.26. The highest BCUT2D eigenvalue weighted by molar-refractivity contribution is 6.30. The summed E-state index contributed by atoms with van der Waals surface area (Å²) in [6.45, 7) is 4.97. The Labute approximate surface area is 126 Å². The fourth-order valence-corrected chi connectivity index (χ4v) is 2.69. The van der Waals surface area contributed by atoms with E-state index in [4.69, 9.17) is 17.3 Å². The highest BCUT2D eigenvalue weighted by Crippen LogP contribution is 2.29. The summed E-state index contributed by atoms with van der Waals surface area (Å²) in [6, 6.07) is 16.8. The van der Waals surface area contributed by atoms with Crippen molar-refractivity contribution >= 4 is 11.6 Å². The van der Waals surface area contributed by atoms with Crippen LogP contribution in [0.2, 0.25) is 5.02 Å². The maximum absolute atomic E-state index is 6.11. The third kappa shape index (κ3) is 3.41. The second-order valence-electron chi connectivity index (χ2n) is 5.62. The molecular weight excluding hydrogens is 266 g/mol. The van der Waals surface area contributed by atoms with E-state index in [1.165, 1.54) is 16.7 Å². The fourth-order valence-electron chi connectivity index (χ4n) is 2.50. The van der Waals surface area contributed by atoms with E-state index in [0.717, 1.165) is 17.9 Å². The Morgan fingerprint density at radius 2 is 1.70 bits per heavy atom. The van der Waals surface area contributed by atoms with Crippen molar-refractivity contribution < 1.29 is 0 Å². The monoisotopic (exact) mass is 287 g/mol. The van der Waals surface area contributed by atoms with Crippen molar-refractivity contribution in [1.82, 2.24) is 0 Å². The average Bonchev–Trinajstić information content (AvgIpc) is 2.48. The summed E-state index contributed by atoms with van der Waals surface area (Å²) in [5.41, 5.74) is 9.85. The minimum atomic E-state index is -0.0847. The average molecular weight is 288 g/mol. The third-order valence-corrected chi connectivity index (χ3v) is 4.23. The summed E-state index contributed by atoms with van der Waals surface area (Å²) in [7, 11) is 0. The minimum absolute atomic E-state index is 0.0847. The molecule has 1 nitrogen and oxygen atoms in total. The number of aryl methyl sites for hydroxylation is 1. The predicted octanol–water partition coefficient (Wildman–Crippen LogP) is 4.36. The van der Waals surface area contributed by atoms with Crippen molar-refractivity contribution in [3.8, 4) is 0 Å². The highest BCUT2D eigenvalue weighted by Gasteiger charge is 2.25. The molecule has 2 aromatic rings. The van der Waals surface area contributed by atoms with Gasteiger partial charge in [-0.2, -0.15) is 0 Å². The number of rotatable bonds is 5. The molecule has 106 valence electrons. The molecule has 1 atom stereocenters. The summed E-state index contributed by atoms with van der Waals surface area (Å²) in [5, 5.41) is 0.767. The van der Waals surface area contributed by atoms with Crippen molar-refractivity contribution in [3.05, 3.63) is 70.2 Å². The number of benzene rings is 2. The Morgan fingerprint density at radius 1 is 1.05 bits per heavy atom. The van der Waals surface area contributed by atoms with Crippen LogP contribution >= 0.6 is 11.6 Å². The first kappa shape index (κ1) is 15.1. The van der Waals surface area contributed by atoms with Gasteiger partial charge in [0, 0.05) is 17.0 Å². The predicted molar refractivity (Wildman–Crippen MR) is 87.4 cm³/mol. The van der Waals surface area contributed by atoms with Crippen LogP contribution in [0.15, 0.2) is 48.5 Å². The molecule has 0 aromatic heterocycles. The van der Waals surface area contributed by atoms with Gasteiger partial charge in [0.2, 0.25) is 0 Å². The van der Waals surface area contributed by atoms with Gasteiger partial charge in [-0.3, -0.25) is 0 Å². The maximum atomic E-state index is 6.11. The van der Waals surface area contributed by atoms with Gasteiger partial charge in [-0.05, 0) is 41.7 Å². The molecule has 0 radical (unpaired) electrons. The van der Waals surface area contributed by atoms with E-state index in [2.05, 4.69) is 44.2 Å². The highest BCUT2D eigenvalue weighted by atomic mass is 35.5. The van der Waals surface area contributed by atoms with E-state index in [1.54, 1.807) is 0 Å². The smallest absolute Gasteiger partial charge is 0.0408 e. The summed E-state index contributed by atoms with van der Waals surface area (Å²) < 4.78 is 0. The quantitative estimate of drug-likeness (QED) is 0.869. The molecule has 0 aliphatic carbocycles. The van der Waals surface area contributed by atoms with Crippen molar-refractivity contribution in [2.45, 2.75) is 32.1 Å². The van der Waals surface area contributed by atoms with Crippen molar-refractivity contribution in [2.75, 3.05) is 6.54 Å². The van der Waals surface area contributed by atoms with Crippen LogP contribution in [0.25, 0.3) is 0 Å². The molecule has 0 saturated carbocycles. The molecule has 0 amide bonds. The van der Waals surface area contributed by atoms with Crippen LogP contribution in [-0.4, -0.2) is 6.54 Å². The van der Waals surface area contributed by atoms with E-state index in [9.17, 15) is 0 Å². The topological polar surface area (TPSA) is 26.0 Å². The summed E-state index contributed by atoms with van der Waals surface area (Å²) in [4.78, 5) is 0. The standard InChI is InChI=1S/C18H22ClN/c1-3-14-7-9-15(10-8-14)12-18(2,13-20)16-5-4-6-17(19)11-16/h4-11H,3,12-13,20H2,1-2H3. The largest absolute Gasteiger partial charge is 0.330 e. The van der Waals surface area contributed by atoms with Gasteiger partial charge in [-0.1, -0.05) is 61.8 Å². The van der Waals surface area contributed by atoms with Crippen molar-refractivity contribution in [2.24, 2.45) is 5.73 Å². The van der Waals surface area contributed by atoms with Crippen molar-refractivity contribution in [1.29, 1.82) is 0 Å². The molecular formula is C18H22ClN. The Bertz CT molecular complexity index is 562. The van der Waals surface area contributed by atoms with Gasteiger partial charge in [0.05, 0.1) is 0 Å². The second kappa shape index (κ2) is 6.43. The Hall–Kier alpha value is -1.31. The molecule has 0 saturated heterocycles. The lowest BCUT2D eigenvalue weighted by Crippen LogP contribution is -2.34. The molecule has 20 heavy (non-hydrogen) atoms. The molecule has 0 aliphatic rings. The normalized spacial score (nSPS) is 14.0. The van der Waals surface area contributed by atoms with E-state index in [-0.39, 0.29) is 5.41 Å². The van der Waals surface area contributed by atoms with Crippen LogP contribution in [0, 0.1) is 0 Å². The Morgan fingerprint density at radius 3 is 2.25 bits per heavy atom. The summed E-state index contributed by atoms with van der Waals surface area (Å²) >= 11 is 6.11. The second-order valence-corrected chi connectivity index (χ2v) is 6.06. The van der Waals surface area contributed by atoms with Gasteiger partial charge in [-0.15, -0.1) is 0 Å². The number of hydrogen-bond acceptors (Lipinski definition) is 1. The number of halogens is 1. The maximum Gasteiger partial charge on any atom is 0.0408 e. The first-order valence-electron chi connectivity index (χ1n) is 7.11. The lowest BCUT2D eigenvalue weighted by molar-refractivity contribution is 0.481. The first-order valence-corrected chi connectivity index (χ1v) is 7.49. The molecule has 0 heterocycles. The lowest BCUT2D eigenvalue weighted by Gasteiger charge is -2.29. The number of nitrogens with two attached hydrogens (primary N) is 1. The van der Waals surface area contributed by atoms with Gasteiger partial charge in [0.25, 0.3) is 0 Å². The lowest BCUT2D eigenvalue weighted by atomic mass is 9.77. The van der Waals surface area contributed by atoms with Crippen LogP contribution in [-0.2, 0) is 18.3 Å². The molecule has 0 fully saturated rings. The van der Waals surface area contributed by atoms with Gasteiger partial charge >= 0.3 is 0 Å². The molecule has 0 spiro atoms. The molecule has 1 unspecified atom stereocenters. The van der Waals surface area contributed by atoms with E-state index in [0.29, 0.717) is 6.54 Å². The van der Waals surface area contributed by atoms with Crippen LogP contribution in [0.3, 0.4) is 0 Å². The fraction of sp³-hybridized carbons (Fsp3) is 0.333. The van der Waals surface area contributed by atoms with Gasteiger partial charge < -0.3 is 5.73 Å². The SMILES string of the molecule is CCc1ccc(CC(C)(CN)c2cccc(Cl)c2)cc1. The van der Waals surface area contributed by atoms with Crippen LogP contribution < -0.4 is 5.73 Å². The van der Waals surface area contributed by atoms with E-state index < -0.39 is 0 Å². The summed E-state index contributed by atoms with van der Waals surface area (Å²) in [5.74, 6) is 0. The van der Waals surface area contributed by atoms with Gasteiger partial charge in [0.15, 0.2) is 0 Å². The van der Waals surface area contributed by atoms with Gasteiger partial charge in [-0.25, -0.2) is 0 Å². The molecule has 2 rings (SSSR count). The van der Waals surface area contributed by atoms with Gasteiger partial charge in [0.1, 0.15) is 0 Å². The zero-order valence-corrected chi connectivity index (χ0v) is 13.0. The third-order valence-electron chi connectivity index (χ3n) is 4.00. The van der Waals surface area contributed by atoms with Crippen LogP contribution in [0.4, 0.5) is 0 Å². The van der Waals surface area contributed by atoms with E-state index >= 15 is 0 Å². The minimum Gasteiger partial charge on any atom is -0.330 e. The first-order chi connectivity index (χ1) is 9.57. The van der Waals surface area contributed by atoms with E-state index in [1.807, 2.05) is 18.2 Å². The van der Waals surface area contributed by atoms with Crippen LogP contribution in [0.1, 0.15) is 30.5 Å². The van der Waals surface area contributed by atoms with Crippen molar-refractivity contribution in [3.63, 3.8) is 0 Å². The number of hydrogen-bond donors (Lipinski definition) is 1. The molecule has 0 aliphatic heterocycles. The Kier molecular flexibility index (Phi) is 4.85.